The van der Waals surface area contributed by atoms with Crippen molar-refractivity contribution < 1.29 is 24.3 Å². The Morgan fingerprint density at radius 3 is 2.82 bits per heavy atom. The highest BCUT2D eigenvalue weighted by Gasteiger charge is 2.45. The minimum absolute atomic E-state index is 0.159. The van der Waals surface area contributed by atoms with Crippen LogP contribution in [0, 0.1) is 0 Å². The van der Waals surface area contributed by atoms with Crippen molar-refractivity contribution in [2.45, 2.75) is 55.3 Å². The van der Waals surface area contributed by atoms with Crippen LogP contribution in [0.2, 0.25) is 0 Å². The topological polar surface area (TPSA) is 117 Å². The number of hydrogen-bond acceptors (Lipinski definition) is 8. The number of nitrogens with one attached hydrogen (secondary N) is 1. The van der Waals surface area contributed by atoms with Gasteiger partial charge in [-0.05, 0) is 25.0 Å². The number of aromatic nitrogens is 1. The molecule has 28 heavy (non-hydrogen) atoms. The summed E-state index contributed by atoms with van der Waals surface area (Å²) in [7, 11) is 0. The molecule has 2 amide bonds. The van der Waals surface area contributed by atoms with Gasteiger partial charge in [0.15, 0.2) is 5.12 Å². The second-order valence-electron chi connectivity index (χ2n) is 6.63. The summed E-state index contributed by atoms with van der Waals surface area (Å²) < 4.78 is 0. The number of aliphatic carboxylic acids is 1. The molecule has 0 aliphatic carbocycles. The lowest BCUT2D eigenvalue weighted by Crippen LogP contribution is -2.53. The van der Waals surface area contributed by atoms with Gasteiger partial charge in [0.2, 0.25) is 11.8 Å². The van der Waals surface area contributed by atoms with Crippen molar-refractivity contribution in [1.82, 2.24) is 15.2 Å². The van der Waals surface area contributed by atoms with E-state index in [9.17, 15) is 24.3 Å². The molecular weight excluding hydrogens is 422 g/mol. The van der Waals surface area contributed by atoms with Gasteiger partial charge in [-0.3, -0.25) is 14.4 Å². The molecular formula is C17H21N3O5S3. The summed E-state index contributed by atoms with van der Waals surface area (Å²) in [5.41, 5.74) is 2.38. The fourth-order valence-corrected chi connectivity index (χ4v) is 6.18. The van der Waals surface area contributed by atoms with Crippen molar-refractivity contribution in [2.75, 3.05) is 5.75 Å². The number of nitrogens with zero attached hydrogens (tertiary/aromatic N) is 2. The number of carbonyl (C=O) groups is 4. The molecule has 8 nitrogen and oxygen atoms in total. The number of thioether (sulfide) groups is 2. The van der Waals surface area contributed by atoms with E-state index in [0.29, 0.717) is 37.1 Å². The van der Waals surface area contributed by atoms with E-state index in [1.165, 1.54) is 23.2 Å². The lowest BCUT2D eigenvalue weighted by Gasteiger charge is -2.29. The first-order valence-electron chi connectivity index (χ1n) is 8.88. The molecule has 1 aromatic heterocycles. The van der Waals surface area contributed by atoms with Crippen molar-refractivity contribution >= 4 is 57.8 Å². The quantitative estimate of drug-likeness (QED) is 0.677. The van der Waals surface area contributed by atoms with Gasteiger partial charge in [-0.15, -0.1) is 23.1 Å². The Labute approximate surface area is 174 Å². The van der Waals surface area contributed by atoms with Crippen LogP contribution in [0.3, 0.4) is 0 Å². The molecule has 0 radical (unpaired) electrons. The van der Waals surface area contributed by atoms with Crippen LogP contribution in [0.25, 0.3) is 0 Å². The molecule has 3 rings (SSSR count). The summed E-state index contributed by atoms with van der Waals surface area (Å²) in [4.78, 5) is 54.5. The average Bonchev–Trinajstić information content (AvgIpc) is 3.26. The number of rotatable bonds is 6. The summed E-state index contributed by atoms with van der Waals surface area (Å²) in [6.45, 7) is 1.39. The van der Waals surface area contributed by atoms with Gasteiger partial charge >= 0.3 is 5.97 Å². The Bertz CT molecular complexity index is 757. The monoisotopic (exact) mass is 443 g/mol. The first-order chi connectivity index (χ1) is 13.4. The number of hydrogen-bond donors (Lipinski definition) is 2. The number of fused-ring (bicyclic) bond motifs is 1. The van der Waals surface area contributed by atoms with Gasteiger partial charge in [0.05, 0.1) is 21.8 Å². The standard InChI is InChI=1S/C17H21N3O5S3/c1-9(21)28-13(6-10-7-26-8-18-10)15(22)19-11-4-5-27-14-3-2-12(17(24)25)20(14)16(11)23/h7-8,11-14H,2-6H2,1H3,(H,19,22)(H,24,25)/t11-,12-,13?,14-/m0/s1. The molecule has 1 unspecified atom stereocenters. The molecule has 0 aromatic carbocycles. The highest BCUT2D eigenvalue weighted by atomic mass is 32.2. The second-order valence-corrected chi connectivity index (χ2v) is 10.0. The van der Waals surface area contributed by atoms with Crippen LogP contribution >= 0.6 is 34.9 Å². The Morgan fingerprint density at radius 1 is 1.39 bits per heavy atom. The fourth-order valence-electron chi connectivity index (χ4n) is 3.42. The minimum atomic E-state index is -1.02. The van der Waals surface area contributed by atoms with Crippen LogP contribution in [0.4, 0.5) is 0 Å². The Hall–Kier alpha value is -1.59. The normalized spacial score (nSPS) is 25.7. The third kappa shape index (κ3) is 4.87. The zero-order chi connectivity index (χ0) is 20.3. The lowest BCUT2D eigenvalue weighted by atomic mass is 10.1. The third-order valence-electron chi connectivity index (χ3n) is 4.68. The number of carboxylic acids is 1. The second kappa shape index (κ2) is 9.27. The Morgan fingerprint density at radius 2 is 2.18 bits per heavy atom. The van der Waals surface area contributed by atoms with E-state index in [4.69, 9.17) is 0 Å². The number of carboxylic acid groups (broad SMARTS) is 1. The molecule has 3 heterocycles. The molecule has 2 N–H and O–H groups in total. The van der Waals surface area contributed by atoms with Crippen LogP contribution in [0.15, 0.2) is 10.9 Å². The molecule has 2 fully saturated rings. The molecule has 0 spiro atoms. The summed E-state index contributed by atoms with van der Waals surface area (Å²) in [5, 5.41) is 13.0. The predicted molar refractivity (Wildman–Crippen MR) is 108 cm³/mol. The van der Waals surface area contributed by atoms with E-state index in [2.05, 4.69) is 10.3 Å². The molecule has 2 aliphatic rings. The average molecular weight is 444 g/mol. The maximum atomic E-state index is 13.0. The van der Waals surface area contributed by atoms with Crippen LogP contribution in [-0.2, 0) is 25.6 Å². The zero-order valence-corrected chi connectivity index (χ0v) is 17.6. The number of amides is 2. The van der Waals surface area contributed by atoms with Crippen LogP contribution < -0.4 is 5.32 Å². The molecule has 152 valence electrons. The van der Waals surface area contributed by atoms with Gasteiger partial charge in [0.25, 0.3) is 0 Å². The van der Waals surface area contributed by atoms with Crippen LogP contribution in [-0.4, -0.2) is 66.3 Å². The highest BCUT2D eigenvalue weighted by molar-refractivity contribution is 8.14. The molecule has 2 aliphatic heterocycles. The molecule has 11 heteroatoms. The molecule has 4 atom stereocenters. The number of thiazole rings is 1. The van der Waals surface area contributed by atoms with Gasteiger partial charge in [-0.25, -0.2) is 9.78 Å². The molecule has 0 saturated carbocycles. The molecule has 0 bridgehead atoms. The largest absolute Gasteiger partial charge is 0.480 e. The van der Waals surface area contributed by atoms with E-state index in [1.54, 1.807) is 17.3 Å². The van der Waals surface area contributed by atoms with Gasteiger partial charge in [0, 0.05) is 18.7 Å². The summed E-state index contributed by atoms with van der Waals surface area (Å²) in [6.07, 6.45) is 1.79. The van der Waals surface area contributed by atoms with Gasteiger partial charge in [-0.1, -0.05) is 11.8 Å². The maximum absolute atomic E-state index is 13.0. The lowest BCUT2D eigenvalue weighted by molar-refractivity contribution is -0.149. The fraction of sp³-hybridized carbons (Fsp3) is 0.588. The zero-order valence-electron chi connectivity index (χ0n) is 15.2. The van der Waals surface area contributed by atoms with Gasteiger partial charge in [-0.2, -0.15) is 0 Å². The van der Waals surface area contributed by atoms with E-state index < -0.39 is 29.2 Å². The minimum Gasteiger partial charge on any atom is -0.480 e. The van der Waals surface area contributed by atoms with Crippen molar-refractivity contribution in [3.63, 3.8) is 0 Å². The summed E-state index contributed by atoms with van der Waals surface area (Å²) in [5.74, 6) is -1.12. The number of carbonyl (C=O) groups excluding carboxylic acids is 3. The first kappa shape index (κ1) is 21.1. The summed E-state index contributed by atoms with van der Waals surface area (Å²) >= 11 is 3.88. The van der Waals surface area contributed by atoms with Gasteiger partial charge in [0.1, 0.15) is 12.1 Å². The van der Waals surface area contributed by atoms with Gasteiger partial charge < -0.3 is 15.3 Å². The van der Waals surface area contributed by atoms with E-state index in [-0.39, 0.29) is 16.4 Å². The summed E-state index contributed by atoms with van der Waals surface area (Å²) in [6, 6.07) is -1.63. The van der Waals surface area contributed by atoms with E-state index >= 15 is 0 Å². The first-order valence-corrected chi connectivity index (χ1v) is 11.7. The Balaban J connectivity index is 1.72. The van der Waals surface area contributed by atoms with Crippen LogP contribution in [0.5, 0.6) is 0 Å². The Kier molecular flexibility index (Phi) is 7.00. The molecule has 2 saturated heterocycles. The SMILES string of the molecule is CC(=O)SC(Cc1cscn1)C(=O)N[C@H]1CCS[C@H]2CC[C@@H](C(=O)O)N2C1=O. The van der Waals surface area contributed by atoms with Crippen LogP contribution in [0.1, 0.15) is 31.9 Å². The van der Waals surface area contributed by atoms with Crippen molar-refractivity contribution in [3.05, 3.63) is 16.6 Å². The van der Waals surface area contributed by atoms with Crippen molar-refractivity contribution in [2.24, 2.45) is 0 Å². The maximum Gasteiger partial charge on any atom is 0.326 e. The highest BCUT2D eigenvalue weighted by Crippen LogP contribution is 2.35. The van der Waals surface area contributed by atoms with E-state index in [1.807, 2.05) is 5.38 Å². The van der Waals surface area contributed by atoms with Crippen molar-refractivity contribution in [1.29, 1.82) is 0 Å². The molecule has 1 aromatic rings. The third-order valence-corrected chi connectivity index (χ3v) is 7.63. The van der Waals surface area contributed by atoms with Crippen molar-refractivity contribution in [3.8, 4) is 0 Å². The smallest absolute Gasteiger partial charge is 0.326 e. The van der Waals surface area contributed by atoms with E-state index in [0.717, 1.165) is 11.8 Å². The predicted octanol–water partition coefficient (Wildman–Crippen LogP) is 1.36.